The minimum atomic E-state index is 0.0212. The van der Waals surface area contributed by atoms with Crippen LogP contribution >= 0.6 is 11.3 Å². The molecule has 13 heavy (non-hydrogen) atoms. The molecule has 0 aliphatic carbocycles. The summed E-state index contributed by atoms with van der Waals surface area (Å²) >= 11 is 1.46. The van der Waals surface area contributed by atoms with Gasteiger partial charge in [-0.15, -0.1) is 11.3 Å². The molecule has 0 saturated carbocycles. The maximum absolute atomic E-state index is 11.3. The van der Waals surface area contributed by atoms with Crippen LogP contribution < -0.4 is 10.6 Å². The molecule has 72 valence electrons. The number of hydrogen-bond acceptors (Lipinski definition) is 3. The lowest BCUT2D eigenvalue weighted by Gasteiger charge is -2.03. The molecule has 0 fully saturated rings. The lowest BCUT2D eigenvalue weighted by atomic mass is 10.4. The molecule has 2 N–H and O–H groups in total. The highest BCUT2D eigenvalue weighted by Gasteiger charge is 2.03. The first-order valence-electron chi connectivity index (χ1n) is 4.37. The zero-order valence-electron chi connectivity index (χ0n) is 7.67. The minimum Gasteiger partial charge on any atom is -0.350 e. The van der Waals surface area contributed by atoms with Gasteiger partial charge in [0.15, 0.2) is 0 Å². The van der Waals surface area contributed by atoms with E-state index in [2.05, 4.69) is 10.6 Å². The molecular weight excluding hydrogens is 184 g/mol. The van der Waals surface area contributed by atoms with Crippen LogP contribution in [0, 0.1) is 0 Å². The maximum Gasteiger partial charge on any atom is 0.261 e. The molecule has 1 rings (SSSR count). The van der Waals surface area contributed by atoms with Crippen LogP contribution in [0.2, 0.25) is 0 Å². The SMILES string of the molecule is CCNCCNC(=O)c1cccs1. The summed E-state index contributed by atoms with van der Waals surface area (Å²) in [4.78, 5) is 12.1. The Labute approximate surface area is 82.2 Å². The molecule has 1 aromatic rings. The first kappa shape index (κ1) is 10.2. The largest absolute Gasteiger partial charge is 0.350 e. The molecule has 1 amide bonds. The number of hydrogen-bond donors (Lipinski definition) is 2. The van der Waals surface area contributed by atoms with E-state index in [1.54, 1.807) is 0 Å². The van der Waals surface area contributed by atoms with Gasteiger partial charge < -0.3 is 10.6 Å². The van der Waals surface area contributed by atoms with Crippen LogP contribution in [0.25, 0.3) is 0 Å². The Bertz CT molecular complexity index is 246. The minimum absolute atomic E-state index is 0.0212. The molecular formula is C9H14N2OS. The predicted octanol–water partition coefficient (Wildman–Crippen LogP) is 1.09. The lowest BCUT2D eigenvalue weighted by molar-refractivity contribution is 0.0958. The molecule has 0 bridgehead atoms. The van der Waals surface area contributed by atoms with Crippen LogP contribution in [-0.4, -0.2) is 25.5 Å². The van der Waals surface area contributed by atoms with Crippen molar-refractivity contribution in [1.82, 2.24) is 10.6 Å². The lowest BCUT2D eigenvalue weighted by Crippen LogP contribution is -2.31. The summed E-state index contributed by atoms with van der Waals surface area (Å²) in [6, 6.07) is 3.71. The van der Waals surface area contributed by atoms with Crippen molar-refractivity contribution in [3.05, 3.63) is 22.4 Å². The van der Waals surface area contributed by atoms with Gasteiger partial charge in [0.2, 0.25) is 0 Å². The third-order valence-corrected chi connectivity index (χ3v) is 2.45. The monoisotopic (exact) mass is 198 g/mol. The molecule has 1 aromatic heterocycles. The number of thiophene rings is 1. The van der Waals surface area contributed by atoms with Crippen molar-refractivity contribution >= 4 is 17.2 Å². The zero-order chi connectivity index (χ0) is 9.52. The number of carbonyl (C=O) groups is 1. The molecule has 0 atom stereocenters. The van der Waals surface area contributed by atoms with Gasteiger partial charge >= 0.3 is 0 Å². The van der Waals surface area contributed by atoms with Gasteiger partial charge in [0.25, 0.3) is 5.91 Å². The van der Waals surface area contributed by atoms with Crippen LogP contribution in [0.3, 0.4) is 0 Å². The molecule has 0 saturated heterocycles. The molecule has 0 aliphatic heterocycles. The molecule has 0 spiro atoms. The van der Waals surface area contributed by atoms with Gasteiger partial charge in [0.1, 0.15) is 0 Å². The topological polar surface area (TPSA) is 41.1 Å². The van der Waals surface area contributed by atoms with Crippen LogP contribution in [0.15, 0.2) is 17.5 Å². The van der Waals surface area contributed by atoms with Gasteiger partial charge in [-0.1, -0.05) is 13.0 Å². The third-order valence-electron chi connectivity index (χ3n) is 1.58. The number of nitrogens with one attached hydrogen (secondary N) is 2. The van der Waals surface area contributed by atoms with E-state index in [0.29, 0.717) is 6.54 Å². The normalized spacial score (nSPS) is 9.92. The summed E-state index contributed by atoms with van der Waals surface area (Å²) in [5.41, 5.74) is 0. The highest BCUT2D eigenvalue weighted by Crippen LogP contribution is 2.07. The molecule has 4 heteroatoms. The average molecular weight is 198 g/mol. The van der Waals surface area contributed by atoms with E-state index in [4.69, 9.17) is 0 Å². The number of likely N-dealkylation sites (N-methyl/N-ethyl adjacent to an activating group) is 1. The van der Waals surface area contributed by atoms with Crippen molar-refractivity contribution < 1.29 is 4.79 Å². The van der Waals surface area contributed by atoms with Crippen LogP contribution in [0.5, 0.6) is 0 Å². The third kappa shape index (κ3) is 3.57. The fourth-order valence-corrected chi connectivity index (χ4v) is 1.58. The van der Waals surface area contributed by atoms with Gasteiger partial charge in [-0.2, -0.15) is 0 Å². The number of carbonyl (C=O) groups excluding carboxylic acids is 1. The highest BCUT2D eigenvalue weighted by molar-refractivity contribution is 7.12. The van der Waals surface area contributed by atoms with E-state index in [1.807, 2.05) is 24.4 Å². The summed E-state index contributed by atoms with van der Waals surface area (Å²) < 4.78 is 0. The van der Waals surface area contributed by atoms with E-state index < -0.39 is 0 Å². The fourth-order valence-electron chi connectivity index (χ4n) is 0.936. The fraction of sp³-hybridized carbons (Fsp3) is 0.444. The van der Waals surface area contributed by atoms with Crippen molar-refractivity contribution in [3.63, 3.8) is 0 Å². The first-order valence-corrected chi connectivity index (χ1v) is 5.25. The summed E-state index contributed by atoms with van der Waals surface area (Å²) in [7, 11) is 0. The van der Waals surface area contributed by atoms with Crippen LogP contribution in [0.1, 0.15) is 16.6 Å². The second kappa shape index (κ2) is 5.72. The Balaban J connectivity index is 2.19. The van der Waals surface area contributed by atoms with E-state index in [-0.39, 0.29) is 5.91 Å². The standard InChI is InChI=1S/C9H14N2OS/c1-2-10-5-6-11-9(12)8-4-3-7-13-8/h3-4,7,10H,2,5-6H2,1H3,(H,11,12). The van der Waals surface area contributed by atoms with Gasteiger partial charge in [0.05, 0.1) is 4.88 Å². The Morgan fingerprint density at radius 3 is 3.00 bits per heavy atom. The van der Waals surface area contributed by atoms with Gasteiger partial charge in [-0.3, -0.25) is 4.79 Å². The summed E-state index contributed by atoms with van der Waals surface area (Å²) in [5, 5.41) is 7.87. The van der Waals surface area contributed by atoms with Crippen molar-refractivity contribution in [1.29, 1.82) is 0 Å². The van der Waals surface area contributed by atoms with Crippen molar-refractivity contribution in [2.45, 2.75) is 6.92 Å². The molecule has 0 aliphatic rings. The predicted molar refractivity (Wildman–Crippen MR) is 55.2 cm³/mol. The Kier molecular flexibility index (Phi) is 4.49. The summed E-state index contributed by atoms with van der Waals surface area (Å²) in [5.74, 6) is 0.0212. The van der Waals surface area contributed by atoms with Crippen LogP contribution in [0.4, 0.5) is 0 Å². The van der Waals surface area contributed by atoms with Crippen molar-refractivity contribution in [2.75, 3.05) is 19.6 Å². The molecule has 0 unspecified atom stereocenters. The van der Waals surface area contributed by atoms with Gasteiger partial charge in [-0.05, 0) is 18.0 Å². The van der Waals surface area contributed by atoms with Crippen molar-refractivity contribution in [2.24, 2.45) is 0 Å². The number of rotatable bonds is 5. The summed E-state index contributed by atoms with van der Waals surface area (Å²) in [6.45, 7) is 4.49. The quantitative estimate of drug-likeness (QED) is 0.695. The van der Waals surface area contributed by atoms with Gasteiger partial charge in [0, 0.05) is 13.1 Å². The second-order valence-corrected chi connectivity index (χ2v) is 3.53. The highest BCUT2D eigenvalue weighted by atomic mass is 32.1. The Morgan fingerprint density at radius 1 is 1.54 bits per heavy atom. The van der Waals surface area contributed by atoms with E-state index in [1.165, 1.54) is 11.3 Å². The maximum atomic E-state index is 11.3. The zero-order valence-corrected chi connectivity index (χ0v) is 8.49. The Morgan fingerprint density at radius 2 is 2.38 bits per heavy atom. The van der Waals surface area contributed by atoms with E-state index >= 15 is 0 Å². The smallest absolute Gasteiger partial charge is 0.261 e. The van der Waals surface area contributed by atoms with Crippen molar-refractivity contribution in [3.8, 4) is 0 Å². The first-order chi connectivity index (χ1) is 6.34. The number of amides is 1. The average Bonchev–Trinajstić information content (AvgIpc) is 2.65. The molecule has 0 radical (unpaired) electrons. The summed E-state index contributed by atoms with van der Waals surface area (Å²) in [6.07, 6.45) is 0. The van der Waals surface area contributed by atoms with Gasteiger partial charge in [-0.25, -0.2) is 0 Å². The van der Waals surface area contributed by atoms with E-state index in [0.717, 1.165) is 18.0 Å². The second-order valence-electron chi connectivity index (χ2n) is 2.59. The van der Waals surface area contributed by atoms with Crippen LogP contribution in [-0.2, 0) is 0 Å². The molecule has 0 aromatic carbocycles. The molecule has 1 heterocycles. The molecule has 3 nitrogen and oxygen atoms in total. The Hall–Kier alpha value is -0.870. The van der Waals surface area contributed by atoms with E-state index in [9.17, 15) is 4.79 Å².